The number of rotatable bonds is 2. The minimum absolute atomic E-state index is 0.0492. The van der Waals surface area contributed by atoms with Gasteiger partial charge in [0.05, 0.1) is 15.7 Å². The lowest BCUT2D eigenvalue weighted by Crippen LogP contribution is -2.57. The SMILES string of the molecule is C=C1C2(C(=O)NNC(=O)C34CCC(C)(C(=O)C3Br)C4(C)C)CCC(C2)C1(C)C. The molecular weight excluding hydrogens is 420 g/mol. The molecule has 4 rings (SSSR count). The Morgan fingerprint density at radius 3 is 2.14 bits per heavy atom. The Hall–Kier alpha value is -1.17. The van der Waals surface area contributed by atoms with E-state index in [1.165, 1.54) is 0 Å². The van der Waals surface area contributed by atoms with Crippen molar-refractivity contribution in [2.24, 2.45) is 33.0 Å². The van der Waals surface area contributed by atoms with Gasteiger partial charge in [-0.15, -0.1) is 0 Å². The highest BCUT2D eigenvalue weighted by Crippen LogP contribution is 2.72. The second-order valence-corrected chi connectivity index (χ2v) is 11.7. The molecule has 0 radical (unpaired) electrons. The van der Waals surface area contributed by atoms with Crippen LogP contribution >= 0.6 is 15.9 Å². The largest absolute Gasteiger partial charge is 0.298 e. The standard InChI is InChI=1S/C22H31BrN2O3/c1-12-18(2,3)13-7-8-21(12,11-13)16(27)24-25-17(28)22-10-9-20(6,19(22,4)5)15(26)14(22)23/h13-14H,1,7-11H2,2-6H3,(H,24,27)(H,25,28). The van der Waals surface area contributed by atoms with Gasteiger partial charge in [0.1, 0.15) is 0 Å². The molecule has 5 atom stereocenters. The van der Waals surface area contributed by atoms with Gasteiger partial charge >= 0.3 is 0 Å². The number of alkyl halides is 1. The lowest BCUT2D eigenvalue weighted by Gasteiger charge is -2.40. The van der Waals surface area contributed by atoms with E-state index in [-0.39, 0.29) is 23.0 Å². The van der Waals surface area contributed by atoms with Crippen LogP contribution in [0.25, 0.3) is 0 Å². The number of hydrogen-bond acceptors (Lipinski definition) is 3. The molecule has 154 valence electrons. The van der Waals surface area contributed by atoms with Crippen LogP contribution < -0.4 is 10.9 Å². The summed E-state index contributed by atoms with van der Waals surface area (Å²) in [7, 11) is 0. The van der Waals surface area contributed by atoms with E-state index in [2.05, 4.69) is 47.2 Å². The first kappa shape index (κ1) is 20.1. The average Bonchev–Trinajstić information content (AvgIpc) is 3.25. The Balaban J connectivity index is 1.54. The molecule has 5 unspecified atom stereocenters. The fraction of sp³-hybridized carbons (Fsp3) is 0.773. The molecule has 0 aliphatic heterocycles. The summed E-state index contributed by atoms with van der Waals surface area (Å²) in [6.07, 6.45) is 3.93. The highest BCUT2D eigenvalue weighted by atomic mass is 79.9. The summed E-state index contributed by atoms with van der Waals surface area (Å²) in [6, 6.07) is 0. The molecule has 0 saturated heterocycles. The number of fused-ring (bicyclic) bond motifs is 4. The van der Waals surface area contributed by atoms with Crippen molar-refractivity contribution in [2.75, 3.05) is 0 Å². The van der Waals surface area contributed by atoms with Crippen molar-refractivity contribution in [3.8, 4) is 0 Å². The van der Waals surface area contributed by atoms with Gasteiger partial charge in [0.2, 0.25) is 11.8 Å². The first-order valence-electron chi connectivity index (χ1n) is 10.3. The second kappa shape index (κ2) is 5.50. The zero-order chi connectivity index (χ0) is 20.9. The van der Waals surface area contributed by atoms with Crippen LogP contribution in [0.5, 0.6) is 0 Å². The van der Waals surface area contributed by atoms with Gasteiger partial charge in [-0.2, -0.15) is 0 Å². The fourth-order valence-electron chi connectivity index (χ4n) is 6.94. The predicted octanol–water partition coefficient (Wildman–Crippen LogP) is 3.68. The van der Waals surface area contributed by atoms with Crippen LogP contribution in [-0.4, -0.2) is 22.4 Å². The maximum atomic E-state index is 13.3. The van der Waals surface area contributed by atoms with E-state index >= 15 is 0 Å². The van der Waals surface area contributed by atoms with Crippen molar-refractivity contribution in [1.82, 2.24) is 10.9 Å². The Morgan fingerprint density at radius 2 is 1.64 bits per heavy atom. The number of amides is 2. The van der Waals surface area contributed by atoms with Gasteiger partial charge in [-0.25, -0.2) is 0 Å². The number of carbonyl (C=O) groups excluding carboxylic acids is 3. The molecule has 28 heavy (non-hydrogen) atoms. The Kier molecular flexibility index (Phi) is 3.95. The molecule has 4 aliphatic carbocycles. The molecule has 4 saturated carbocycles. The molecule has 2 N–H and O–H groups in total. The van der Waals surface area contributed by atoms with Crippen molar-refractivity contribution in [3.63, 3.8) is 0 Å². The van der Waals surface area contributed by atoms with Crippen LogP contribution in [-0.2, 0) is 14.4 Å². The lowest BCUT2D eigenvalue weighted by molar-refractivity contribution is -0.141. The number of ketones is 1. The lowest BCUT2D eigenvalue weighted by atomic mass is 9.64. The molecule has 0 aromatic heterocycles. The maximum Gasteiger partial charge on any atom is 0.248 e. The Labute approximate surface area is 175 Å². The van der Waals surface area contributed by atoms with E-state index < -0.39 is 26.5 Å². The second-order valence-electron chi connectivity index (χ2n) is 10.8. The van der Waals surface area contributed by atoms with E-state index in [1.807, 2.05) is 20.8 Å². The summed E-state index contributed by atoms with van der Waals surface area (Å²) < 4.78 is 0. The molecule has 5 nitrogen and oxygen atoms in total. The molecule has 0 spiro atoms. The van der Waals surface area contributed by atoms with Crippen LogP contribution in [0, 0.1) is 33.0 Å². The topological polar surface area (TPSA) is 75.3 Å². The highest BCUT2D eigenvalue weighted by molar-refractivity contribution is 9.10. The average molecular weight is 451 g/mol. The molecular formula is C22H31BrN2O3. The summed E-state index contributed by atoms with van der Waals surface area (Å²) >= 11 is 3.52. The van der Waals surface area contributed by atoms with E-state index in [1.54, 1.807) is 0 Å². The zero-order valence-electron chi connectivity index (χ0n) is 17.5. The van der Waals surface area contributed by atoms with Crippen molar-refractivity contribution < 1.29 is 14.4 Å². The summed E-state index contributed by atoms with van der Waals surface area (Å²) in [5, 5.41) is 0. The van der Waals surface area contributed by atoms with Gasteiger partial charge in [0.25, 0.3) is 0 Å². The number of halogens is 1. The van der Waals surface area contributed by atoms with E-state index in [9.17, 15) is 14.4 Å². The molecule has 4 fully saturated rings. The minimum atomic E-state index is -0.853. The molecule has 4 aliphatic rings. The molecule has 6 heteroatoms. The number of carbonyl (C=O) groups is 3. The number of hydrogen-bond donors (Lipinski definition) is 2. The Morgan fingerprint density at radius 1 is 1.04 bits per heavy atom. The van der Waals surface area contributed by atoms with Crippen molar-refractivity contribution in [1.29, 1.82) is 0 Å². The fourth-order valence-corrected chi connectivity index (χ4v) is 8.46. The van der Waals surface area contributed by atoms with Crippen LogP contribution in [0.2, 0.25) is 0 Å². The monoisotopic (exact) mass is 450 g/mol. The maximum absolute atomic E-state index is 13.3. The summed E-state index contributed by atoms with van der Waals surface area (Å²) in [6.45, 7) is 14.5. The van der Waals surface area contributed by atoms with Gasteiger partial charge in [0, 0.05) is 5.41 Å². The Bertz CT molecular complexity index is 819. The molecule has 0 heterocycles. The van der Waals surface area contributed by atoms with E-state index in [4.69, 9.17) is 0 Å². The van der Waals surface area contributed by atoms with Crippen LogP contribution in [0.1, 0.15) is 66.7 Å². The van der Waals surface area contributed by atoms with Gasteiger partial charge < -0.3 is 0 Å². The smallest absolute Gasteiger partial charge is 0.248 e. The molecule has 0 aromatic carbocycles. The number of hydrazine groups is 1. The molecule has 4 bridgehead atoms. The first-order chi connectivity index (χ1) is 12.8. The first-order valence-corrected chi connectivity index (χ1v) is 11.2. The summed E-state index contributed by atoms with van der Waals surface area (Å²) in [4.78, 5) is 38.8. The van der Waals surface area contributed by atoms with Crippen LogP contribution in [0.3, 0.4) is 0 Å². The zero-order valence-corrected chi connectivity index (χ0v) is 19.1. The van der Waals surface area contributed by atoms with Crippen molar-refractivity contribution in [2.45, 2.75) is 71.5 Å². The van der Waals surface area contributed by atoms with Gasteiger partial charge in [-0.1, -0.05) is 62.7 Å². The third-order valence-electron chi connectivity index (χ3n) is 9.74. The molecule has 0 aromatic rings. The highest BCUT2D eigenvalue weighted by Gasteiger charge is 2.77. The van der Waals surface area contributed by atoms with Gasteiger partial charge in [0.15, 0.2) is 5.78 Å². The summed E-state index contributed by atoms with van der Waals surface area (Å²) in [5.74, 6) is 0.128. The van der Waals surface area contributed by atoms with Crippen molar-refractivity contribution in [3.05, 3.63) is 12.2 Å². The molecule has 2 amide bonds. The minimum Gasteiger partial charge on any atom is -0.298 e. The number of nitrogens with one attached hydrogen (secondary N) is 2. The normalized spacial score (nSPS) is 44.8. The van der Waals surface area contributed by atoms with E-state index in [0.717, 1.165) is 24.8 Å². The van der Waals surface area contributed by atoms with E-state index in [0.29, 0.717) is 18.8 Å². The quantitative estimate of drug-likeness (QED) is 0.382. The van der Waals surface area contributed by atoms with Crippen molar-refractivity contribution >= 4 is 33.5 Å². The van der Waals surface area contributed by atoms with Gasteiger partial charge in [-0.05, 0) is 48.9 Å². The third kappa shape index (κ3) is 1.91. The third-order valence-corrected chi connectivity index (χ3v) is 10.9. The van der Waals surface area contributed by atoms with Gasteiger partial charge in [-0.3, -0.25) is 25.2 Å². The predicted molar refractivity (Wildman–Crippen MR) is 110 cm³/mol. The van der Waals surface area contributed by atoms with Crippen LogP contribution in [0.4, 0.5) is 0 Å². The van der Waals surface area contributed by atoms with Crippen LogP contribution in [0.15, 0.2) is 12.2 Å². The summed E-state index contributed by atoms with van der Waals surface area (Å²) in [5.41, 5.74) is 3.90. The number of Topliss-reactive ketones (excluding diaryl/α,β-unsaturated/α-hetero) is 1.